The third kappa shape index (κ3) is 4.02. The fraction of sp³-hybridized carbons (Fsp3) is 0.625. The van der Waals surface area contributed by atoms with Crippen molar-refractivity contribution in [3.05, 3.63) is 17.7 Å². The van der Waals surface area contributed by atoms with Gasteiger partial charge in [0.15, 0.2) is 11.5 Å². The molecule has 1 unspecified atom stereocenters. The lowest BCUT2D eigenvalue weighted by Gasteiger charge is -2.37. The molecule has 1 atom stereocenters. The predicted molar refractivity (Wildman–Crippen MR) is 85.3 cm³/mol. The Labute approximate surface area is 128 Å². The van der Waals surface area contributed by atoms with Crippen LogP contribution in [-0.4, -0.2) is 45.0 Å². The van der Waals surface area contributed by atoms with E-state index in [0.717, 1.165) is 18.7 Å². The van der Waals surface area contributed by atoms with Crippen LogP contribution in [0, 0.1) is 0 Å². The van der Waals surface area contributed by atoms with E-state index in [2.05, 4.69) is 18.7 Å². The lowest BCUT2D eigenvalue weighted by atomic mass is 9.99. The second-order valence-corrected chi connectivity index (χ2v) is 5.24. The molecular weight excluding hydrogens is 268 g/mol. The third-order valence-electron chi connectivity index (χ3n) is 3.77. The van der Waals surface area contributed by atoms with Crippen LogP contribution in [0.1, 0.15) is 26.3 Å². The summed E-state index contributed by atoms with van der Waals surface area (Å²) in [6.45, 7) is 8.10. The standard InChI is InChI=1S/C16H28N2O3/c1-7-18(8-2)16(3,17)11-12-9-13(19-4)15(21-6)14(10-12)20-5/h9-10H,7-8,11,17H2,1-6H3. The van der Waals surface area contributed by atoms with Crippen molar-refractivity contribution in [2.45, 2.75) is 32.9 Å². The van der Waals surface area contributed by atoms with Gasteiger partial charge < -0.3 is 19.9 Å². The van der Waals surface area contributed by atoms with E-state index in [0.29, 0.717) is 23.7 Å². The summed E-state index contributed by atoms with van der Waals surface area (Å²) in [5.41, 5.74) is 7.12. The summed E-state index contributed by atoms with van der Waals surface area (Å²) in [5, 5.41) is 0. The number of rotatable bonds is 8. The van der Waals surface area contributed by atoms with Crippen molar-refractivity contribution in [3.63, 3.8) is 0 Å². The summed E-state index contributed by atoms with van der Waals surface area (Å²) in [6.07, 6.45) is 0.700. The van der Waals surface area contributed by atoms with Gasteiger partial charge in [-0.15, -0.1) is 0 Å². The van der Waals surface area contributed by atoms with Crippen LogP contribution in [0.4, 0.5) is 0 Å². The van der Waals surface area contributed by atoms with E-state index in [1.54, 1.807) is 21.3 Å². The summed E-state index contributed by atoms with van der Waals surface area (Å²) in [7, 11) is 4.84. The quantitative estimate of drug-likeness (QED) is 0.746. The summed E-state index contributed by atoms with van der Waals surface area (Å²) in [4.78, 5) is 2.23. The van der Waals surface area contributed by atoms with E-state index in [1.165, 1.54) is 0 Å². The fourth-order valence-corrected chi connectivity index (χ4v) is 2.71. The minimum absolute atomic E-state index is 0.423. The van der Waals surface area contributed by atoms with Crippen molar-refractivity contribution in [1.82, 2.24) is 4.90 Å². The summed E-state index contributed by atoms with van der Waals surface area (Å²) in [6, 6.07) is 3.91. The Bertz CT molecular complexity index is 432. The Morgan fingerprint density at radius 2 is 1.48 bits per heavy atom. The molecule has 0 saturated carbocycles. The molecular formula is C16H28N2O3. The topological polar surface area (TPSA) is 57.0 Å². The van der Waals surface area contributed by atoms with Crippen molar-refractivity contribution >= 4 is 0 Å². The molecule has 0 spiro atoms. The van der Waals surface area contributed by atoms with Crippen molar-refractivity contribution in [3.8, 4) is 17.2 Å². The predicted octanol–water partition coefficient (Wildman–Crippen LogP) is 2.27. The van der Waals surface area contributed by atoms with Gasteiger partial charge in [-0.05, 0) is 37.7 Å². The molecule has 5 nitrogen and oxygen atoms in total. The minimum atomic E-state index is -0.423. The van der Waals surface area contributed by atoms with Crippen molar-refractivity contribution in [2.75, 3.05) is 34.4 Å². The van der Waals surface area contributed by atoms with E-state index >= 15 is 0 Å². The van der Waals surface area contributed by atoms with Crippen molar-refractivity contribution < 1.29 is 14.2 Å². The van der Waals surface area contributed by atoms with Gasteiger partial charge >= 0.3 is 0 Å². The number of hydrogen-bond acceptors (Lipinski definition) is 5. The largest absolute Gasteiger partial charge is 0.493 e. The lowest BCUT2D eigenvalue weighted by molar-refractivity contribution is 0.123. The lowest BCUT2D eigenvalue weighted by Crippen LogP contribution is -2.55. The molecule has 0 amide bonds. The second-order valence-electron chi connectivity index (χ2n) is 5.24. The molecule has 0 aliphatic rings. The van der Waals surface area contributed by atoms with Crippen molar-refractivity contribution in [2.24, 2.45) is 5.73 Å². The maximum Gasteiger partial charge on any atom is 0.203 e. The van der Waals surface area contributed by atoms with Crippen LogP contribution in [0.15, 0.2) is 12.1 Å². The van der Waals surface area contributed by atoms with E-state index < -0.39 is 5.66 Å². The van der Waals surface area contributed by atoms with Gasteiger partial charge in [0.2, 0.25) is 5.75 Å². The Balaban J connectivity index is 3.14. The average molecular weight is 296 g/mol. The van der Waals surface area contributed by atoms with Crippen LogP contribution in [0.2, 0.25) is 0 Å². The van der Waals surface area contributed by atoms with Crippen LogP contribution in [-0.2, 0) is 6.42 Å². The zero-order chi connectivity index (χ0) is 16.0. The molecule has 0 aliphatic carbocycles. The SMILES string of the molecule is CCN(CC)C(C)(N)Cc1cc(OC)c(OC)c(OC)c1. The first-order valence-electron chi connectivity index (χ1n) is 7.26. The maximum absolute atomic E-state index is 6.48. The highest BCUT2D eigenvalue weighted by Gasteiger charge is 2.26. The van der Waals surface area contributed by atoms with Gasteiger partial charge in [0.25, 0.3) is 0 Å². The Hall–Kier alpha value is -1.46. The smallest absolute Gasteiger partial charge is 0.203 e. The fourth-order valence-electron chi connectivity index (χ4n) is 2.71. The number of ether oxygens (including phenoxy) is 3. The van der Waals surface area contributed by atoms with Gasteiger partial charge in [0.1, 0.15) is 0 Å². The number of benzene rings is 1. The Morgan fingerprint density at radius 1 is 1.00 bits per heavy atom. The first-order valence-corrected chi connectivity index (χ1v) is 7.26. The molecule has 120 valence electrons. The molecule has 21 heavy (non-hydrogen) atoms. The van der Waals surface area contributed by atoms with Gasteiger partial charge in [-0.2, -0.15) is 0 Å². The number of methoxy groups -OCH3 is 3. The highest BCUT2D eigenvalue weighted by Crippen LogP contribution is 2.38. The van der Waals surface area contributed by atoms with Gasteiger partial charge in [-0.3, -0.25) is 4.90 Å². The normalized spacial score (nSPS) is 13.9. The van der Waals surface area contributed by atoms with Crippen LogP contribution in [0.3, 0.4) is 0 Å². The monoisotopic (exact) mass is 296 g/mol. The highest BCUT2D eigenvalue weighted by molar-refractivity contribution is 5.54. The molecule has 0 radical (unpaired) electrons. The maximum atomic E-state index is 6.48. The van der Waals surface area contributed by atoms with E-state index in [9.17, 15) is 0 Å². The molecule has 0 bridgehead atoms. The average Bonchev–Trinajstić information content (AvgIpc) is 2.46. The van der Waals surface area contributed by atoms with Crippen molar-refractivity contribution in [1.29, 1.82) is 0 Å². The molecule has 5 heteroatoms. The van der Waals surface area contributed by atoms with Gasteiger partial charge in [0, 0.05) is 6.42 Å². The first-order chi connectivity index (χ1) is 9.93. The number of nitrogens with two attached hydrogens (primary N) is 1. The molecule has 0 heterocycles. The van der Waals surface area contributed by atoms with Crippen LogP contribution < -0.4 is 19.9 Å². The van der Waals surface area contributed by atoms with Gasteiger partial charge in [-0.25, -0.2) is 0 Å². The molecule has 0 aliphatic heterocycles. The Kier molecular flexibility index (Phi) is 6.30. The van der Waals surface area contributed by atoms with E-state index in [-0.39, 0.29) is 0 Å². The number of hydrogen-bond donors (Lipinski definition) is 1. The minimum Gasteiger partial charge on any atom is -0.493 e. The van der Waals surface area contributed by atoms with Crippen LogP contribution >= 0.6 is 0 Å². The number of likely N-dealkylation sites (N-methyl/N-ethyl adjacent to an activating group) is 1. The summed E-state index contributed by atoms with van der Waals surface area (Å²) >= 11 is 0. The third-order valence-corrected chi connectivity index (χ3v) is 3.77. The summed E-state index contributed by atoms with van der Waals surface area (Å²) < 4.78 is 16.1. The van der Waals surface area contributed by atoms with E-state index in [4.69, 9.17) is 19.9 Å². The van der Waals surface area contributed by atoms with Crippen LogP contribution in [0.5, 0.6) is 17.2 Å². The molecule has 0 fully saturated rings. The highest BCUT2D eigenvalue weighted by atomic mass is 16.5. The molecule has 0 saturated heterocycles. The molecule has 1 aromatic carbocycles. The molecule has 0 aromatic heterocycles. The zero-order valence-corrected chi connectivity index (χ0v) is 14.0. The molecule has 1 aromatic rings. The molecule has 1 rings (SSSR count). The van der Waals surface area contributed by atoms with Gasteiger partial charge in [0.05, 0.1) is 27.0 Å². The Morgan fingerprint density at radius 3 is 1.81 bits per heavy atom. The number of nitrogens with zero attached hydrogens (tertiary/aromatic N) is 1. The zero-order valence-electron chi connectivity index (χ0n) is 14.0. The van der Waals surface area contributed by atoms with Gasteiger partial charge in [-0.1, -0.05) is 13.8 Å². The summed E-state index contributed by atoms with van der Waals surface area (Å²) in [5.74, 6) is 1.91. The first kappa shape index (κ1) is 17.6. The molecule has 2 N–H and O–H groups in total. The van der Waals surface area contributed by atoms with Crippen LogP contribution in [0.25, 0.3) is 0 Å². The second kappa shape index (κ2) is 7.52. The van der Waals surface area contributed by atoms with E-state index in [1.807, 2.05) is 19.1 Å².